The van der Waals surface area contributed by atoms with Gasteiger partial charge in [0.2, 0.25) is 5.91 Å². The zero-order valence-electron chi connectivity index (χ0n) is 25.5. The number of methoxy groups -OCH3 is 2. The van der Waals surface area contributed by atoms with Gasteiger partial charge in [-0.1, -0.05) is 30.3 Å². The molecular weight excluding hydrogens is 534 g/mol. The number of nitrogens with one attached hydrogen (secondary N) is 1. The largest absolute Gasteiger partial charge is 0.493 e. The molecule has 1 aliphatic heterocycles. The van der Waals surface area contributed by atoms with Crippen molar-refractivity contribution < 1.29 is 28.9 Å². The maximum absolute atomic E-state index is 13.8. The number of hydrogen-bond acceptors (Lipinski definition) is 7. The van der Waals surface area contributed by atoms with Gasteiger partial charge in [-0.05, 0) is 62.3 Å². The average Bonchev–Trinajstić information content (AvgIpc) is 3.74. The number of benzene rings is 2. The van der Waals surface area contributed by atoms with Gasteiger partial charge in [0.15, 0.2) is 11.5 Å². The third-order valence-corrected chi connectivity index (χ3v) is 8.25. The maximum atomic E-state index is 13.8. The first kappa shape index (κ1) is 31.8. The van der Waals surface area contributed by atoms with Crippen LogP contribution in [0.25, 0.3) is 0 Å². The summed E-state index contributed by atoms with van der Waals surface area (Å²) in [7, 11) is 3.24. The normalized spacial score (nSPS) is 19.0. The van der Waals surface area contributed by atoms with Gasteiger partial charge in [0.1, 0.15) is 0 Å². The van der Waals surface area contributed by atoms with Gasteiger partial charge in [-0.25, -0.2) is 0 Å². The Hall–Kier alpha value is -3.14. The van der Waals surface area contributed by atoms with Crippen LogP contribution in [0.15, 0.2) is 48.5 Å². The maximum Gasteiger partial charge on any atom is 0.254 e. The highest BCUT2D eigenvalue weighted by Crippen LogP contribution is 2.33. The van der Waals surface area contributed by atoms with Crippen molar-refractivity contribution in [2.75, 3.05) is 53.6 Å². The second-order valence-electron chi connectivity index (χ2n) is 11.7. The monoisotopic (exact) mass is 581 g/mol. The molecule has 0 bridgehead atoms. The number of ether oxygens (including phenoxy) is 3. The summed E-state index contributed by atoms with van der Waals surface area (Å²) in [6.07, 6.45) is 2.00. The predicted octanol–water partition coefficient (Wildman–Crippen LogP) is 3.91. The van der Waals surface area contributed by atoms with Crippen molar-refractivity contribution in [2.24, 2.45) is 11.8 Å². The minimum Gasteiger partial charge on any atom is -0.493 e. The van der Waals surface area contributed by atoms with Crippen LogP contribution in [0, 0.1) is 11.8 Å². The molecule has 2 amide bonds. The van der Waals surface area contributed by atoms with Crippen LogP contribution in [0.4, 0.5) is 0 Å². The van der Waals surface area contributed by atoms with Crippen LogP contribution in [-0.4, -0.2) is 92.4 Å². The molecule has 0 radical (unpaired) electrons. The van der Waals surface area contributed by atoms with E-state index in [2.05, 4.69) is 5.32 Å². The molecule has 1 aliphatic carbocycles. The lowest BCUT2D eigenvalue weighted by Crippen LogP contribution is -2.45. The molecule has 4 rings (SSSR count). The number of hydrogen-bond donors (Lipinski definition) is 2. The predicted molar refractivity (Wildman–Crippen MR) is 162 cm³/mol. The molecule has 1 heterocycles. The van der Waals surface area contributed by atoms with Gasteiger partial charge in [-0.3, -0.25) is 9.59 Å². The highest BCUT2D eigenvalue weighted by molar-refractivity contribution is 5.95. The second kappa shape index (κ2) is 15.4. The van der Waals surface area contributed by atoms with E-state index < -0.39 is 6.10 Å². The van der Waals surface area contributed by atoms with E-state index in [1.165, 1.54) is 0 Å². The van der Waals surface area contributed by atoms with Crippen molar-refractivity contribution in [1.82, 2.24) is 15.1 Å². The van der Waals surface area contributed by atoms with Crippen LogP contribution >= 0.6 is 0 Å². The molecule has 2 N–H and O–H groups in total. The van der Waals surface area contributed by atoms with Crippen molar-refractivity contribution in [3.8, 4) is 11.5 Å². The van der Waals surface area contributed by atoms with Crippen LogP contribution in [0.5, 0.6) is 11.5 Å². The van der Waals surface area contributed by atoms with E-state index in [-0.39, 0.29) is 42.2 Å². The van der Waals surface area contributed by atoms with Crippen LogP contribution in [0.2, 0.25) is 0 Å². The van der Waals surface area contributed by atoms with E-state index in [1.807, 2.05) is 54.0 Å². The first-order chi connectivity index (χ1) is 20.3. The summed E-state index contributed by atoms with van der Waals surface area (Å²) in [5.74, 6) is 1.48. The molecular formula is C33H47N3O6. The summed E-state index contributed by atoms with van der Waals surface area (Å²) in [5.41, 5.74) is 1.31. The molecule has 2 aliphatic rings. The molecule has 0 aromatic heterocycles. The first-order valence-corrected chi connectivity index (χ1v) is 15.2. The van der Waals surface area contributed by atoms with E-state index in [0.717, 1.165) is 37.9 Å². The molecule has 3 atom stereocenters. The SMILES string of the molecule is COCCCOc1cc(C(=O)N(C[C@@H]2CNC[C@H]2CN(C(=O)C[C@H](O)c2ccccc2)C2CC2)C(C)C)ccc1OC. The number of aliphatic hydroxyl groups is 1. The van der Waals surface area contributed by atoms with Gasteiger partial charge < -0.3 is 34.4 Å². The molecule has 0 unspecified atom stereocenters. The summed E-state index contributed by atoms with van der Waals surface area (Å²) < 4.78 is 16.5. The minimum atomic E-state index is -0.815. The Morgan fingerprint density at radius 1 is 0.976 bits per heavy atom. The zero-order valence-corrected chi connectivity index (χ0v) is 25.5. The molecule has 230 valence electrons. The van der Waals surface area contributed by atoms with Gasteiger partial charge in [-0.2, -0.15) is 0 Å². The van der Waals surface area contributed by atoms with E-state index in [9.17, 15) is 14.7 Å². The van der Waals surface area contributed by atoms with Crippen molar-refractivity contribution >= 4 is 11.8 Å². The average molecular weight is 582 g/mol. The van der Waals surface area contributed by atoms with E-state index >= 15 is 0 Å². The molecule has 2 aromatic carbocycles. The molecule has 2 aromatic rings. The molecule has 1 saturated carbocycles. The molecule has 0 spiro atoms. The second-order valence-corrected chi connectivity index (χ2v) is 11.7. The molecule has 9 nitrogen and oxygen atoms in total. The summed E-state index contributed by atoms with van der Waals surface area (Å²) in [6, 6.07) is 14.9. The van der Waals surface area contributed by atoms with E-state index in [0.29, 0.717) is 43.4 Å². The van der Waals surface area contributed by atoms with Crippen LogP contribution in [0.3, 0.4) is 0 Å². The number of nitrogens with zero attached hydrogens (tertiary/aromatic N) is 2. The number of carbonyl (C=O) groups excluding carboxylic acids is 2. The standard InChI is InChI=1S/C33H47N3O6/c1-23(2)35(33(39)25-11-14-30(41-4)31(17-25)42-16-8-15-40-3)21-26-19-34-20-27(26)22-36(28-12-13-28)32(38)18-29(37)24-9-6-5-7-10-24/h5-7,9-11,14,17,23,26-29,34,37H,8,12-13,15-16,18-22H2,1-4H3/t26-,27-,29-/m0/s1. The lowest BCUT2D eigenvalue weighted by molar-refractivity contribution is -0.134. The molecule has 2 fully saturated rings. The Balaban J connectivity index is 1.42. The summed E-state index contributed by atoms with van der Waals surface area (Å²) in [5, 5.41) is 14.2. The Morgan fingerprint density at radius 3 is 2.33 bits per heavy atom. The number of amides is 2. The van der Waals surface area contributed by atoms with E-state index in [1.54, 1.807) is 32.4 Å². The van der Waals surface area contributed by atoms with E-state index in [4.69, 9.17) is 14.2 Å². The minimum absolute atomic E-state index is 0.00545. The fourth-order valence-corrected chi connectivity index (χ4v) is 5.64. The smallest absolute Gasteiger partial charge is 0.254 e. The summed E-state index contributed by atoms with van der Waals surface area (Å²) >= 11 is 0. The molecule has 42 heavy (non-hydrogen) atoms. The van der Waals surface area contributed by atoms with Crippen molar-refractivity contribution in [2.45, 2.75) is 57.7 Å². The van der Waals surface area contributed by atoms with Gasteiger partial charge in [0.25, 0.3) is 5.91 Å². The number of carbonyl (C=O) groups is 2. The van der Waals surface area contributed by atoms with Gasteiger partial charge >= 0.3 is 0 Å². The Kier molecular flexibility index (Phi) is 11.6. The topological polar surface area (TPSA) is 101 Å². The zero-order chi connectivity index (χ0) is 30.1. The van der Waals surface area contributed by atoms with Gasteiger partial charge in [0.05, 0.1) is 26.2 Å². The van der Waals surface area contributed by atoms with Crippen LogP contribution in [0.1, 0.15) is 61.6 Å². The quantitative estimate of drug-likeness (QED) is 0.290. The molecule has 1 saturated heterocycles. The fourth-order valence-electron chi connectivity index (χ4n) is 5.64. The Bertz CT molecular complexity index is 1160. The Morgan fingerprint density at radius 2 is 1.69 bits per heavy atom. The first-order valence-electron chi connectivity index (χ1n) is 15.2. The van der Waals surface area contributed by atoms with Crippen molar-refractivity contribution in [3.63, 3.8) is 0 Å². The van der Waals surface area contributed by atoms with Gasteiger partial charge in [-0.15, -0.1) is 0 Å². The lowest BCUT2D eigenvalue weighted by atomic mass is 9.93. The highest BCUT2D eigenvalue weighted by atomic mass is 16.5. The van der Waals surface area contributed by atoms with Crippen molar-refractivity contribution in [3.05, 3.63) is 59.7 Å². The van der Waals surface area contributed by atoms with Crippen LogP contribution < -0.4 is 14.8 Å². The van der Waals surface area contributed by atoms with Crippen molar-refractivity contribution in [1.29, 1.82) is 0 Å². The number of aliphatic hydroxyl groups excluding tert-OH is 1. The number of rotatable bonds is 16. The third-order valence-electron chi connectivity index (χ3n) is 8.25. The Labute approximate surface area is 250 Å². The summed E-state index contributed by atoms with van der Waals surface area (Å²) in [4.78, 5) is 31.1. The molecule has 9 heteroatoms. The lowest BCUT2D eigenvalue weighted by Gasteiger charge is -2.34. The van der Waals surface area contributed by atoms with Gasteiger partial charge in [0, 0.05) is 64.0 Å². The van der Waals surface area contributed by atoms with Crippen LogP contribution in [-0.2, 0) is 9.53 Å². The summed E-state index contributed by atoms with van der Waals surface area (Å²) in [6.45, 7) is 7.92. The highest BCUT2D eigenvalue weighted by Gasteiger charge is 2.39. The third kappa shape index (κ3) is 8.46. The fraction of sp³-hybridized carbons (Fsp3) is 0.576.